The predicted molar refractivity (Wildman–Crippen MR) is 92.6 cm³/mol. The minimum Gasteiger partial charge on any atom is -0.444 e. The molecule has 0 saturated heterocycles. The third-order valence-electron chi connectivity index (χ3n) is 3.89. The topological polar surface area (TPSA) is 70.9 Å². The second-order valence-electron chi connectivity index (χ2n) is 5.53. The Labute approximate surface area is 138 Å². The van der Waals surface area contributed by atoms with Crippen LogP contribution in [0.5, 0.6) is 0 Å². The van der Waals surface area contributed by atoms with Crippen molar-refractivity contribution in [3.8, 4) is 11.3 Å². The van der Waals surface area contributed by atoms with Gasteiger partial charge in [-0.3, -0.25) is 4.79 Å². The van der Waals surface area contributed by atoms with E-state index in [4.69, 9.17) is 4.42 Å². The van der Waals surface area contributed by atoms with E-state index < -0.39 is 0 Å². The molecule has 5 heteroatoms. The van der Waals surface area contributed by atoms with Gasteiger partial charge < -0.3 is 14.7 Å². The maximum atomic E-state index is 12.4. The van der Waals surface area contributed by atoms with Gasteiger partial charge in [-0.15, -0.1) is 0 Å². The van der Waals surface area contributed by atoms with Gasteiger partial charge in [0, 0.05) is 28.4 Å². The molecule has 0 spiro atoms. The Morgan fingerprint density at radius 1 is 1.17 bits per heavy atom. The molecule has 4 rings (SSSR count). The summed E-state index contributed by atoms with van der Waals surface area (Å²) < 4.78 is 5.29. The van der Waals surface area contributed by atoms with Crippen LogP contribution in [0.4, 0.5) is 5.69 Å². The van der Waals surface area contributed by atoms with Crippen LogP contribution in [-0.4, -0.2) is 15.9 Å². The van der Waals surface area contributed by atoms with Gasteiger partial charge in [-0.2, -0.15) is 0 Å². The van der Waals surface area contributed by atoms with E-state index in [-0.39, 0.29) is 5.91 Å². The summed E-state index contributed by atoms with van der Waals surface area (Å²) >= 11 is 0. The Hall–Kier alpha value is -3.34. The van der Waals surface area contributed by atoms with E-state index in [1.165, 1.54) is 6.39 Å². The molecule has 2 aromatic carbocycles. The molecule has 2 N–H and O–H groups in total. The molecule has 118 valence electrons. The summed E-state index contributed by atoms with van der Waals surface area (Å²) in [7, 11) is 0. The Morgan fingerprint density at radius 3 is 2.96 bits per heavy atom. The van der Waals surface area contributed by atoms with Gasteiger partial charge in [0.15, 0.2) is 12.2 Å². The summed E-state index contributed by atoms with van der Waals surface area (Å²) in [6, 6.07) is 15.5. The van der Waals surface area contributed by atoms with E-state index in [0.29, 0.717) is 12.2 Å². The SMILES string of the molecule is O=C(Cc1c[nH]c2ccccc12)Nc1cccc(-c2cnco2)c1. The maximum absolute atomic E-state index is 12.4. The van der Waals surface area contributed by atoms with Gasteiger partial charge in [0.05, 0.1) is 12.6 Å². The third-order valence-corrected chi connectivity index (χ3v) is 3.89. The monoisotopic (exact) mass is 317 g/mol. The van der Waals surface area contributed by atoms with Crippen LogP contribution in [0.25, 0.3) is 22.2 Å². The second kappa shape index (κ2) is 6.04. The van der Waals surface area contributed by atoms with Crippen molar-refractivity contribution in [3.05, 3.63) is 72.9 Å². The lowest BCUT2D eigenvalue weighted by Crippen LogP contribution is -2.14. The zero-order valence-corrected chi connectivity index (χ0v) is 12.8. The summed E-state index contributed by atoms with van der Waals surface area (Å²) in [5.74, 6) is 0.609. The van der Waals surface area contributed by atoms with Crippen molar-refractivity contribution >= 4 is 22.5 Å². The summed E-state index contributed by atoms with van der Waals surface area (Å²) in [6.07, 6.45) is 5.23. The molecular formula is C19H15N3O2. The van der Waals surface area contributed by atoms with Crippen molar-refractivity contribution in [3.63, 3.8) is 0 Å². The number of nitrogens with zero attached hydrogens (tertiary/aromatic N) is 1. The number of carbonyl (C=O) groups is 1. The number of H-pyrrole nitrogens is 1. The molecule has 24 heavy (non-hydrogen) atoms. The number of aromatic nitrogens is 2. The molecule has 4 aromatic rings. The highest BCUT2D eigenvalue weighted by atomic mass is 16.3. The van der Waals surface area contributed by atoms with Gasteiger partial charge in [-0.1, -0.05) is 30.3 Å². The molecule has 1 amide bonds. The molecule has 2 heterocycles. The molecule has 0 saturated carbocycles. The number of anilines is 1. The summed E-state index contributed by atoms with van der Waals surface area (Å²) in [4.78, 5) is 19.5. The van der Waals surface area contributed by atoms with Crippen LogP contribution in [0, 0.1) is 0 Å². The standard InChI is InChI=1S/C19H15N3O2/c23-19(9-14-10-21-17-7-2-1-6-16(14)17)22-15-5-3-4-13(8-15)18-11-20-12-24-18/h1-8,10-12,21H,9H2,(H,22,23). The highest BCUT2D eigenvalue weighted by Gasteiger charge is 2.10. The summed E-state index contributed by atoms with van der Waals surface area (Å²) in [6.45, 7) is 0. The Balaban J connectivity index is 1.51. The van der Waals surface area contributed by atoms with Crippen LogP contribution in [-0.2, 0) is 11.2 Å². The normalized spacial score (nSPS) is 10.8. The fraction of sp³-hybridized carbons (Fsp3) is 0.0526. The number of rotatable bonds is 4. The Morgan fingerprint density at radius 2 is 2.08 bits per heavy atom. The number of nitrogens with one attached hydrogen (secondary N) is 2. The number of carbonyl (C=O) groups excluding carboxylic acids is 1. The molecule has 0 aliphatic rings. The first-order valence-electron chi connectivity index (χ1n) is 7.63. The molecule has 2 aromatic heterocycles. The van der Waals surface area contributed by atoms with Crippen LogP contribution in [0.2, 0.25) is 0 Å². The van der Waals surface area contributed by atoms with Crippen molar-refractivity contribution in [2.75, 3.05) is 5.32 Å². The van der Waals surface area contributed by atoms with E-state index >= 15 is 0 Å². The molecular weight excluding hydrogens is 302 g/mol. The molecule has 0 unspecified atom stereocenters. The fourth-order valence-electron chi connectivity index (χ4n) is 2.76. The van der Waals surface area contributed by atoms with Crippen LogP contribution >= 0.6 is 0 Å². The number of para-hydroxylation sites is 1. The van der Waals surface area contributed by atoms with E-state index in [2.05, 4.69) is 15.3 Å². The molecule has 0 fully saturated rings. The van der Waals surface area contributed by atoms with Gasteiger partial charge in [0.2, 0.25) is 5.91 Å². The van der Waals surface area contributed by atoms with Crippen LogP contribution < -0.4 is 5.32 Å². The van der Waals surface area contributed by atoms with Crippen molar-refractivity contribution < 1.29 is 9.21 Å². The number of amides is 1. The van der Waals surface area contributed by atoms with Crippen molar-refractivity contribution in [1.29, 1.82) is 0 Å². The second-order valence-corrected chi connectivity index (χ2v) is 5.53. The first-order valence-corrected chi connectivity index (χ1v) is 7.63. The van der Waals surface area contributed by atoms with Gasteiger partial charge in [-0.05, 0) is 23.8 Å². The Bertz CT molecular complexity index is 987. The number of hydrogen-bond donors (Lipinski definition) is 2. The van der Waals surface area contributed by atoms with Gasteiger partial charge >= 0.3 is 0 Å². The highest BCUT2D eigenvalue weighted by molar-refractivity contribution is 5.96. The smallest absolute Gasteiger partial charge is 0.228 e. The van der Waals surface area contributed by atoms with E-state index in [1.54, 1.807) is 6.20 Å². The highest BCUT2D eigenvalue weighted by Crippen LogP contribution is 2.23. The molecule has 0 atom stereocenters. The fourth-order valence-corrected chi connectivity index (χ4v) is 2.76. The van der Waals surface area contributed by atoms with Crippen LogP contribution in [0.15, 0.2) is 71.7 Å². The third kappa shape index (κ3) is 2.79. The average molecular weight is 317 g/mol. The van der Waals surface area contributed by atoms with E-state index in [0.717, 1.165) is 27.7 Å². The maximum Gasteiger partial charge on any atom is 0.228 e. The van der Waals surface area contributed by atoms with Gasteiger partial charge in [0.25, 0.3) is 0 Å². The Kier molecular flexibility index (Phi) is 3.59. The molecule has 0 aliphatic carbocycles. The molecule has 0 radical (unpaired) electrons. The minimum absolute atomic E-state index is 0.0607. The number of oxazole rings is 1. The lowest BCUT2D eigenvalue weighted by molar-refractivity contribution is -0.115. The number of benzene rings is 2. The minimum atomic E-state index is -0.0607. The predicted octanol–water partition coefficient (Wildman–Crippen LogP) is 4.00. The number of fused-ring (bicyclic) bond motifs is 1. The first-order chi connectivity index (χ1) is 11.8. The van der Waals surface area contributed by atoms with Crippen molar-refractivity contribution in [1.82, 2.24) is 9.97 Å². The quantitative estimate of drug-likeness (QED) is 0.597. The molecule has 0 bridgehead atoms. The molecule has 0 aliphatic heterocycles. The van der Waals surface area contributed by atoms with E-state index in [1.807, 2.05) is 54.7 Å². The number of aromatic amines is 1. The number of hydrogen-bond acceptors (Lipinski definition) is 3. The first kappa shape index (κ1) is 14.3. The van der Waals surface area contributed by atoms with E-state index in [9.17, 15) is 4.79 Å². The van der Waals surface area contributed by atoms with Crippen LogP contribution in [0.3, 0.4) is 0 Å². The van der Waals surface area contributed by atoms with Gasteiger partial charge in [-0.25, -0.2) is 4.98 Å². The lowest BCUT2D eigenvalue weighted by atomic mass is 10.1. The zero-order valence-electron chi connectivity index (χ0n) is 12.8. The van der Waals surface area contributed by atoms with Gasteiger partial charge in [0.1, 0.15) is 0 Å². The van der Waals surface area contributed by atoms with Crippen molar-refractivity contribution in [2.24, 2.45) is 0 Å². The zero-order chi connectivity index (χ0) is 16.4. The van der Waals surface area contributed by atoms with Crippen molar-refractivity contribution in [2.45, 2.75) is 6.42 Å². The molecule has 5 nitrogen and oxygen atoms in total. The van der Waals surface area contributed by atoms with Crippen LogP contribution in [0.1, 0.15) is 5.56 Å². The lowest BCUT2D eigenvalue weighted by Gasteiger charge is -2.06. The summed E-state index contributed by atoms with van der Waals surface area (Å²) in [5, 5.41) is 4.00. The largest absolute Gasteiger partial charge is 0.444 e. The summed E-state index contributed by atoms with van der Waals surface area (Å²) in [5.41, 5.74) is 3.62. The average Bonchev–Trinajstić information content (AvgIpc) is 3.26.